The van der Waals surface area contributed by atoms with Crippen LogP contribution in [0.25, 0.3) is 0 Å². The topological polar surface area (TPSA) is 45.4 Å². The summed E-state index contributed by atoms with van der Waals surface area (Å²) in [5, 5.41) is 11.9. The fourth-order valence-corrected chi connectivity index (χ4v) is 1.07. The predicted molar refractivity (Wildman–Crippen MR) is 55.4 cm³/mol. The number of alkyl halides is 3. The average molecular weight is 263 g/mol. The van der Waals surface area contributed by atoms with E-state index in [4.69, 9.17) is 16.9 Å². The summed E-state index contributed by atoms with van der Waals surface area (Å²) in [6, 6.07) is 7.62. The van der Waals surface area contributed by atoms with Crippen LogP contribution in [0.3, 0.4) is 0 Å². The van der Waals surface area contributed by atoms with Crippen molar-refractivity contribution in [1.82, 2.24) is 0 Å². The summed E-state index contributed by atoms with van der Waals surface area (Å²) in [4.78, 5) is 4.44. The summed E-state index contributed by atoms with van der Waals surface area (Å²) < 4.78 is 35.2. The van der Waals surface area contributed by atoms with Gasteiger partial charge in [0.25, 0.3) is 0 Å². The quantitative estimate of drug-likeness (QED) is 0.618. The van der Waals surface area contributed by atoms with Gasteiger partial charge in [-0.1, -0.05) is 28.9 Å². The average Bonchev–Trinajstić information content (AvgIpc) is 2.24. The third-order valence-electron chi connectivity index (χ3n) is 1.66. The van der Waals surface area contributed by atoms with E-state index in [2.05, 4.69) is 9.99 Å². The third kappa shape index (κ3) is 4.74. The van der Waals surface area contributed by atoms with Crippen molar-refractivity contribution in [3.05, 3.63) is 34.9 Å². The van der Waals surface area contributed by atoms with Gasteiger partial charge in [-0.2, -0.15) is 18.4 Å². The van der Waals surface area contributed by atoms with E-state index in [0.717, 1.165) is 0 Å². The largest absolute Gasteiger partial charge is 0.429 e. The molecule has 0 heterocycles. The van der Waals surface area contributed by atoms with Gasteiger partial charge in [-0.05, 0) is 12.1 Å². The fraction of sp³-hybridized carbons (Fsp3) is 0.200. The Morgan fingerprint density at radius 2 is 1.94 bits per heavy atom. The molecule has 1 atom stereocenters. The van der Waals surface area contributed by atoms with E-state index in [9.17, 15) is 13.2 Å². The Hall–Kier alpha value is -1.74. The smallest absolute Gasteiger partial charge is 0.372 e. The number of nitrogens with zero attached hydrogens (tertiary/aromatic N) is 2. The van der Waals surface area contributed by atoms with Crippen molar-refractivity contribution in [2.45, 2.75) is 12.3 Å². The molecular formula is C10H6ClF3N2O. The van der Waals surface area contributed by atoms with Crippen LogP contribution >= 0.6 is 11.6 Å². The number of rotatable bonds is 3. The van der Waals surface area contributed by atoms with Crippen molar-refractivity contribution in [3.63, 3.8) is 0 Å². The molecule has 0 spiro atoms. The van der Waals surface area contributed by atoms with Gasteiger partial charge in [-0.25, -0.2) is 0 Å². The van der Waals surface area contributed by atoms with E-state index in [1.54, 1.807) is 6.07 Å². The Morgan fingerprint density at radius 1 is 1.35 bits per heavy atom. The minimum absolute atomic E-state index is 0.326. The zero-order chi connectivity index (χ0) is 12.9. The van der Waals surface area contributed by atoms with Gasteiger partial charge in [0, 0.05) is 10.6 Å². The van der Waals surface area contributed by atoms with Crippen LogP contribution < -0.4 is 0 Å². The van der Waals surface area contributed by atoms with Crippen molar-refractivity contribution in [2.24, 2.45) is 5.16 Å². The molecule has 0 aliphatic carbocycles. The van der Waals surface area contributed by atoms with Crippen LogP contribution in [0.2, 0.25) is 5.02 Å². The highest BCUT2D eigenvalue weighted by Gasteiger charge is 2.24. The molecule has 3 nitrogen and oxygen atoms in total. The molecule has 0 saturated carbocycles. The monoisotopic (exact) mass is 262 g/mol. The first-order valence-corrected chi connectivity index (χ1v) is 4.72. The summed E-state index contributed by atoms with van der Waals surface area (Å²) >= 11 is 5.62. The van der Waals surface area contributed by atoms with Gasteiger partial charge in [0.05, 0.1) is 0 Å². The van der Waals surface area contributed by atoms with Gasteiger partial charge in [0.2, 0.25) is 6.10 Å². The first kappa shape index (κ1) is 13.3. The van der Waals surface area contributed by atoms with E-state index < -0.39 is 12.3 Å². The van der Waals surface area contributed by atoms with Crippen LogP contribution in [0.5, 0.6) is 0 Å². The van der Waals surface area contributed by atoms with E-state index in [0.29, 0.717) is 10.6 Å². The standard InChI is InChI=1S/C10H6ClF3N2O/c11-8-3-1-7(2-4-8)9(5-15)17-16-6-10(12,13)14/h1-4,6,9H. The molecule has 0 amide bonds. The van der Waals surface area contributed by atoms with Gasteiger partial charge >= 0.3 is 6.18 Å². The van der Waals surface area contributed by atoms with Gasteiger partial charge in [-0.15, -0.1) is 0 Å². The minimum atomic E-state index is -4.57. The van der Waals surface area contributed by atoms with E-state index in [-0.39, 0.29) is 6.21 Å². The molecule has 1 unspecified atom stereocenters. The van der Waals surface area contributed by atoms with Crippen molar-refractivity contribution >= 4 is 17.8 Å². The Labute approximate surface area is 100 Å². The van der Waals surface area contributed by atoms with Crippen molar-refractivity contribution < 1.29 is 18.0 Å². The van der Waals surface area contributed by atoms with Gasteiger partial charge in [0.1, 0.15) is 12.3 Å². The molecule has 1 aromatic carbocycles. The first-order chi connectivity index (χ1) is 7.92. The molecule has 90 valence electrons. The van der Waals surface area contributed by atoms with Crippen molar-refractivity contribution in [1.29, 1.82) is 5.26 Å². The van der Waals surface area contributed by atoms with E-state index >= 15 is 0 Å². The number of hydrogen-bond acceptors (Lipinski definition) is 3. The number of hydrogen-bond donors (Lipinski definition) is 0. The summed E-state index contributed by atoms with van der Waals surface area (Å²) in [6.45, 7) is 0. The van der Waals surface area contributed by atoms with Crippen LogP contribution in [-0.4, -0.2) is 12.4 Å². The molecule has 0 bridgehead atoms. The maximum Gasteiger partial charge on any atom is 0.429 e. The zero-order valence-electron chi connectivity index (χ0n) is 8.28. The predicted octanol–water partition coefficient (Wildman–Crippen LogP) is 3.47. The number of halogens is 4. The molecule has 0 aliphatic rings. The second kappa shape index (κ2) is 5.55. The highest BCUT2D eigenvalue weighted by atomic mass is 35.5. The van der Waals surface area contributed by atoms with Gasteiger partial charge in [-0.3, -0.25) is 0 Å². The molecule has 0 fully saturated rings. The first-order valence-electron chi connectivity index (χ1n) is 4.34. The highest BCUT2D eigenvalue weighted by molar-refractivity contribution is 6.30. The Bertz CT molecular complexity index is 436. The number of nitriles is 1. The molecule has 0 radical (unpaired) electrons. The van der Waals surface area contributed by atoms with Crippen LogP contribution in [0.1, 0.15) is 11.7 Å². The molecule has 0 N–H and O–H groups in total. The third-order valence-corrected chi connectivity index (χ3v) is 1.91. The Morgan fingerprint density at radius 3 is 2.41 bits per heavy atom. The Balaban J connectivity index is 2.71. The number of oxime groups is 1. The molecule has 0 saturated heterocycles. The minimum Gasteiger partial charge on any atom is -0.372 e. The summed E-state index contributed by atoms with van der Waals surface area (Å²) in [5.74, 6) is 0. The van der Waals surface area contributed by atoms with E-state index in [1.165, 1.54) is 24.3 Å². The molecular weight excluding hydrogens is 257 g/mol. The lowest BCUT2D eigenvalue weighted by Crippen LogP contribution is -2.09. The van der Waals surface area contributed by atoms with Crippen molar-refractivity contribution in [2.75, 3.05) is 0 Å². The Kier molecular flexibility index (Phi) is 4.35. The zero-order valence-corrected chi connectivity index (χ0v) is 9.03. The van der Waals surface area contributed by atoms with Crippen LogP contribution in [0.4, 0.5) is 13.2 Å². The van der Waals surface area contributed by atoms with Gasteiger partial charge < -0.3 is 4.84 Å². The lowest BCUT2D eigenvalue weighted by Gasteiger charge is -2.07. The van der Waals surface area contributed by atoms with Gasteiger partial charge in [0.15, 0.2) is 0 Å². The second-order valence-electron chi connectivity index (χ2n) is 2.94. The molecule has 0 aliphatic heterocycles. The summed E-state index contributed by atoms with van der Waals surface area (Å²) in [5.41, 5.74) is 0.372. The SMILES string of the molecule is N#CC(ON=CC(F)(F)F)c1ccc(Cl)cc1. The van der Waals surface area contributed by atoms with Crippen molar-refractivity contribution in [3.8, 4) is 6.07 Å². The molecule has 1 aromatic rings. The summed E-state index contributed by atoms with van der Waals surface area (Å²) in [7, 11) is 0. The maximum atomic E-state index is 11.7. The normalized spacial score (nSPS) is 13.4. The maximum absolute atomic E-state index is 11.7. The number of benzene rings is 1. The fourth-order valence-electron chi connectivity index (χ4n) is 0.948. The van der Waals surface area contributed by atoms with Crippen LogP contribution in [0, 0.1) is 11.3 Å². The molecule has 1 rings (SSSR count). The second-order valence-corrected chi connectivity index (χ2v) is 3.38. The summed E-state index contributed by atoms with van der Waals surface area (Å²) in [6.07, 6.45) is -6.10. The van der Waals surface area contributed by atoms with Crippen LogP contribution in [0.15, 0.2) is 29.4 Å². The van der Waals surface area contributed by atoms with E-state index in [1.807, 2.05) is 0 Å². The van der Waals surface area contributed by atoms with Crippen LogP contribution in [-0.2, 0) is 4.84 Å². The molecule has 0 aromatic heterocycles. The lowest BCUT2D eigenvalue weighted by molar-refractivity contribution is -0.0575. The lowest BCUT2D eigenvalue weighted by atomic mass is 10.1. The molecule has 17 heavy (non-hydrogen) atoms. The highest BCUT2D eigenvalue weighted by Crippen LogP contribution is 2.20. The molecule has 7 heteroatoms.